The lowest BCUT2D eigenvalue weighted by Crippen LogP contribution is -2.26. The van der Waals surface area contributed by atoms with Gasteiger partial charge in [0.25, 0.3) is 0 Å². The predicted octanol–water partition coefficient (Wildman–Crippen LogP) is 2.09. The third kappa shape index (κ3) is 2.13. The summed E-state index contributed by atoms with van der Waals surface area (Å²) < 4.78 is 14.1. The fourth-order valence-electron chi connectivity index (χ4n) is 3.62. The molecule has 1 aliphatic carbocycles. The Morgan fingerprint density at radius 3 is 2.79 bits per heavy atom. The monoisotopic (exact) mass is 265 g/mol. The molecule has 0 radical (unpaired) electrons. The molecule has 1 heterocycles. The van der Waals surface area contributed by atoms with Crippen LogP contribution in [0.5, 0.6) is 0 Å². The topological polar surface area (TPSA) is 43.7 Å². The van der Waals surface area contributed by atoms with Gasteiger partial charge in [-0.05, 0) is 31.7 Å². The summed E-state index contributed by atoms with van der Waals surface area (Å²) in [7, 11) is 0. The number of halogens is 1. The van der Waals surface area contributed by atoms with Crippen LogP contribution in [0.1, 0.15) is 31.4 Å². The van der Waals surface area contributed by atoms with Crippen LogP contribution in [0.25, 0.3) is 0 Å². The van der Waals surface area contributed by atoms with Crippen molar-refractivity contribution in [2.75, 3.05) is 18.0 Å². The van der Waals surface area contributed by atoms with Crippen molar-refractivity contribution in [3.05, 3.63) is 29.6 Å². The van der Waals surface area contributed by atoms with Gasteiger partial charge in [0.2, 0.25) is 0 Å². The molecule has 1 aromatic carbocycles. The van der Waals surface area contributed by atoms with Gasteiger partial charge in [-0.3, -0.25) is 0 Å². The lowest BCUT2D eigenvalue weighted by Gasteiger charge is -2.25. The molecular formula is C15H20FNO2. The van der Waals surface area contributed by atoms with Crippen LogP contribution in [0.3, 0.4) is 0 Å². The molecule has 2 aliphatic rings. The van der Waals surface area contributed by atoms with Crippen molar-refractivity contribution >= 4 is 5.69 Å². The van der Waals surface area contributed by atoms with E-state index in [9.17, 15) is 14.6 Å². The quantitative estimate of drug-likeness (QED) is 0.860. The number of aliphatic hydroxyl groups is 2. The molecule has 19 heavy (non-hydrogen) atoms. The smallest absolute Gasteiger partial charge is 0.146 e. The van der Waals surface area contributed by atoms with Crippen LogP contribution in [0.15, 0.2) is 18.2 Å². The molecule has 1 saturated carbocycles. The number of para-hydroxylation sites is 1. The van der Waals surface area contributed by atoms with Crippen molar-refractivity contribution in [3.8, 4) is 0 Å². The average molecular weight is 265 g/mol. The molecule has 3 nitrogen and oxygen atoms in total. The van der Waals surface area contributed by atoms with Gasteiger partial charge in [-0.1, -0.05) is 12.1 Å². The maximum absolute atomic E-state index is 14.1. The molecule has 1 saturated heterocycles. The lowest BCUT2D eigenvalue weighted by molar-refractivity contribution is 0.133. The van der Waals surface area contributed by atoms with Gasteiger partial charge < -0.3 is 15.1 Å². The largest absolute Gasteiger partial charge is 0.393 e. The zero-order valence-electron chi connectivity index (χ0n) is 11.1. The number of hydrogen-bond acceptors (Lipinski definition) is 3. The van der Waals surface area contributed by atoms with E-state index < -0.39 is 6.10 Å². The van der Waals surface area contributed by atoms with E-state index in [2.05, 4.69) is 0 Å². The second-order valence-electron chi connectivity index (χ2n) is 5.83. The maximum atomic E-state index is 14.1. The summed E-state index contributed by atoms with van der Waals surface area (Å²) in [5, 5.41) is 19.7. The Bertz CT molecular complexity index is 477. The first-order chi connectivity index (χ1) is 9.08. The summed E-state index contributed by atoms with van der Waals surface area (Å²) in [5.41, 5.74) is 1.15. The van der Waals surface area contributed by atoms with E-state index in [0.717, 1.165) is 19.4 Å². The minimum Gasteiger partial charge on any atom is -0.393 e. The molecule has 1 aliphatic heterocycles. The highest BCUT2D eigenvalue weighted by Gasteiger charge is 2.42. The van der Waals surface area contributed by atoms with E-state index >= 15 is 0 Å². The van der Waals surface area contributed by atoms with E-state index in [1.807, 2.05) is 4.90 Å². The number of anilines is 1. The summed E-state index contributed by atoms with van der Waals surface area (Å²) in [6.07, 6.45) is 0.942. The van der Waals surface area contributed by atoms with E-state index in [-0.39, 0.29) is 17.8 Å². The molecule has 104 valence electrons. The van der Waals surface area contributed by atoms with Crippen molar-refractivity contribution in [2.45, 2.75) is 32.0 Å². The third-order valence-corrected chi connectivity index (χ3v) is 4.60. The van der Waals surface area contributed by atoms with Crippen LogP contribution < -0.4 is 4.90 Å². The minimum absolute atomic E-state index is 0.251. The average Bonchev–Trinajstić information content (AvgIpc) is 2.91. The molecule has 2 fully saturated rings. The molecule has 4 unspecified atom stereocenters. The van der Waals surface area contributed by atoms with Gasteiger partial charge in [0.05, 0.1) is 17.9 Å². The molecular weight excluding hydrogens is 245 g/mol. The molecule has 0 aromatic heterocycles. The number of fused-ring (bicyclic) bond motifs is 1. The zero-order chi connectivity index (χ0) is 13.6. The normalized spacial score (nSPS) is 31.6. The predicted molar refractivity (Wildman–Crippen MR) is 71.5 cm³/mol. The summed E-state index contributed by atoms with van der Waals surface area (Å²) >= 11 is 0. The van der Waals surface area contributed by atoms with Crippen LogP contribution in [-0.2, 0) is 0 Å². The fraction of sp³-hybridized carbons (Fsp3) is 0.600. The molecule has 3 rings (SSSR count). The number of rotatable bonds is 2. The number of aliphatic hydroxyl groups excluding tert-OH is 2. The van der Waals surface area contributed by atoms with E-state index in [1.165, 1.54) is 6.07 Å². The molecule has 0 bridgehead atoms. The third-order valence-electron chi connectivity index (χ3n) is 4.60. The Kier molecular flexibility index (Phi) is 3.23. The van der Waals surface area contributed by atoms with Crippen LogP contribution in [0, 0.1) is 17.7 Å². The van der Waals surface area contributed by atoms with Crippen molar-refractivity contribution in [1.82, 2.24) is 0 Å². The Balaban J connectivity index is 1.92. The van der Waals surface area contributed by atoms with Gasteiger partial charge >= 0.3 is 0 Å². The highest BCUT2D eigenvalue weighted by atomic mass is 19.1. The number of nitrogens with zero attached hydrogens (tertiary/aromatic N) is 1. The SMILES string of the molecule is CC(O)c1cccc(F)c1N1CC2CCC(O)C2C1. The standard InChI is InChI=1S/C15H20FNO2/c1-9(18)11-3-2-4-13(16)15(11)17-7-10-5-6-14(19)12(10)8-17/h2-4,9-10,12,14,18-19H,5-8H2,1H3. The van der Waals surface area contributed by atoms with Gasteiger partial charge in [-0.2, -0.15) is 0 Å². The van der Waals surface area contributed by atoms with Crippen LogP contribution in [0.4, 0.5) is 10.1 Å². The highest BCUT2D eigenvalue weighted by Crippen LogP contribution is 2.42. The summed E-state index contributed by atoms with van der Waals surface area (Å²) in [5.74, 6) is 0.422. The molecule has 0 spiro atoms. The van der Waals surface area contributed by atoms with Gasteiger partial charge in [0, 0.05) is 24.6 Å². The Morgan fingerprint density at radius 2 is 2.11 bits per heavy atom. The van der Waals surface area contributed by atoms with E-state index in [0.29, 0.717) is 23.7 Å². The van der Waals surface area contributed by atoms with Gasteiger partial charge in [-0.15, -0.1) is 0 Å². The Morgan fingerprint density at radius 1 is 1.32 bits per heavy atom. The molecule has 4 heteroatoms. The second kappa shape index (κ2) is 4.76. The molecule has 4 atom stereocenters. The number of hydrogen-bond donors (Lipinski definition) is 2. The van der Waals surface area contributed by atoms with Crippen molar-refractivity contribution in [2.24, 2.45) is 11.8 Å². The first-order valence-corrected chi connectivity index (χ1v) is 6.97. The van der Waals surface area contributed by atoms with Gasteiger partial charge in [0.15, 0.2) is 0 Å². The van der Waals surface area contributed by atoms with Crippen molar-refractivity contribution < 1.29 is 14.6 Å². The summed E-state index contributed by atoms with van der Waals surface area (Å²) in [6.45, 7) is 3.12. The lowest BCUT2D eigenvalue weighted by atomic mass is 10.00. The zero-order valence-corrected chi connectivity index (χ0v) is 11.1. The van der Waals surface area contributed by atoms with Crippen LogP contribution in [0.2, 0.25) is 0 Å². The summed E-state index contributed by atoms with van der Waals surface area (Å²) in [6, 6.07) is 4.84. The highest BCUT2D eigenvalue weighted by molar-refractivity contribution is 5.56. The Labute approximate surface area is 112 Å². The van der Waals surface area contributed by atoms with Crippen molar-refractivity contribution in [3.63, 3.8) is 0 Å². The Hall–Kier alpha value is -1.13. The second-order valence-corrected chi connectivity index (χ2v) is 5.83. The van der Waals surface area contributed by atoms with E-state index in [4.69, 9.17) is 0 Å². The van der Waals surface area contributed by atoms with Gasteiger partial charge in [-0.25, -0.2) is 4.39 Å². The van der Waals surface area contributed by atoms with Gasteiger partial charge in [0.1, 0.15) is 5.82 Å². The first kappa shape index (κ1) is 12.9. The van der Waals surface area contributed by atoms with Crippen LogP contribution >= 0.6 is 0 Å². The van der Waals surface area contributed by atoms with Crippen LogP contribution in [-0.4, -0.2) is 29.4 Å². The maximum Gasteiger partial charge on any atom is 0.146 e. The number of benzene rings is 1. The first-order valence-electron chi connectivity index (χ1n) is 6.97. The van der Waals surface area contributed by atoms with E-state index in [1.54, 1.807) is 19.1 Å². The fourth-order valence-corrected chi connectivity index (χ4v) is 3.62. The molecule has 1 aromatic rings. The summed E-state index contributed by atoms with van der Waals surface area (Å²) in [4.78, 5) is 2.00. The minimum atomic E-state index is -0.684. The van der Waals surface area contributed by atoms with Crippen molar-refractivity contribution in [1.29, 1.82) is 0 Å². The molecule has 2 N–H and O–H groups in total. The molecule has 0 amide bonds.